The van der Waals surface area contributed by atoms with Crippen molar-refractivity contribution in [1.29, 1.82) is 0 Å². The second-order valence-electron chi connectivity index (χ2n) is 4.15. The van der Waals surface area contributed by atoms with E-state index in [1.807, 2.05) is 0 Å². The number of rotatable bonds is 4. The van der Waals surface area contributed by atoms with Crippen LogP contribution in [0.3, 0.4) is 0 Å². The van der Waals surface area contributed by atoms with Gasteiger partial charge in [-0.1, -0.05) is 46.0 Å². The van der Waals surface area contributed by atoms with Gasteiger partial charge in [0.05, 0.1) is 5.02 Å². The third-order valence-electron chi connectivity index (χ3n) is 2.73. The largest absolute Gasteiger partial charge is 0.489 e. The Bertz CT molecular complexity index is 690. The first kappa shape index (κ1) is 15.8. The van der Waals surface area contributed by atoms with Crippen LogP contribution in [0.15, 0.2) is 41.6 Å². The Morgan fingerprint density at radius 3 is 2.48 bits per heavy atom. The zero-order valence-corrected chi connectivity index (χ0v) is 13.0. The van der Waals surface area contributed by atoms with Crippen LogP contribution in [0.4, 0.5) is 0 Å². The highest BCUT2D eigenvalue weighted by Gasteiger charge is 2.08. The van der Waals surface area contributed by atoms with Gasteiger partial charge in [0.15, 0.2) is 5.84 Å². The van der Waals surface area contributed by atoms with Crippen LogP contribution in [-0.4, -0.2) is 11.0 Å². The van der Waals surface area contributed by atoms with E-state index in [1.54, 1.807) is 36.4 Å². The Balaban J connectivity index is 2.12. The molecule has 0 aromatic heterocycles. The molecule has 0 atom stereocenters. The van der Waals surface area contributed by atoms with E-state index < -0.39 is 0 Å². The van der Waals surface area contributed by atoms with Gasteiger partial charge in [-0.25, -0.2) is 0 Å². The first-order chi connectivity index (χ1) is 10.0. The van der Waals surface area contributed by atoms with Crippen LogP contribution >= 0.6 is 34.8 Å². The highest BCUT2D eigenvalue weighted by molar-refractivity contribution is 6.35. The molecule has 4 nitrogen and oxygen atoms in total. The van der Waals surface area contributed by atoms with Gasteiger partial charge in [0, 0.05) is 21.2 Å². The van der Waals surface area contributed by atoms with E-state index in [4.69, 9.17) is 50.5 Å². The minimum Gasteiger partial charge on any atom is -0.489 e. The van der Waals surface area contributed by atoms with Gasteiger partial charge in [0.25, 0.3) is 0 Å². The Kier molecular flexibility index (Phi) is 5.17. The van der Waals surface area contributed by atoms with Crippen LogP contribution in [0, 0.1) is 0 Å². The molecule has 7 heteroatoms. The molecule has 0 saturated heterocycles. The number of nitrogens with zero attached hydrogens (tertiary/aromatic N) is 1. The third-order valence-corrected chi connectivity index (χ3v) is 3.63. The zero-order chi connectivity index (χ0) is 15.4. The molecule has 2 aromatic carbocycles. The molecule has 0 spiro atoms. The average molecular weight is 346 g/mol. The van der Waals surface area contributed by atoms with E-state index in [9.17, 15) is 0 Å². The van der Waals surface area contributed by atoms with E-state index in [-0.39, 0.29) is 12.4 Å². The molecular formula is C14H11Cl3N2O2. The molecule has 0 heterocycles. The first-order valence-corrected chi connectivity index (χ1v) is 6.99. The van der Waals surface area contributed by atoms with Crippen molar-refractivity contribution in [3.63, 3.8) is 0 Å². The number of benzene rings is 2. The van der Waals surface area contributed by atoms with Gasteiger partial charge in [0.2, 0.25) is 0 Å². The summed E-state index contributed by atoms with van der Waals surface area (Å²) in [5.41, 5.74) is 6.72. The van der Waals surface area contributed by atoms with Gasteiger partial charge >= 0.3 is 0 Å². The van der Waals surface area contributed by atoms with Gasteiger partial charge in [-0.2, -0.15) is 0 Å². The molecule has 0 aliphatic carbocycles. The number of hydrogen-bond acceptors (Lipinski definition) is 3. The van der Waals surface area contributed by atoms with Crippen molar-refractivity contribution >= 4 is 40.6 Å². The van der Waals surface area contributed by atoms with Crippen LogP contribution in [0.2, 0.25) is 15.1 Å². The van der Waals surface area contributed by atoms with Crippen LogP contribution in [0.25, 0.3) is 0 Å². The lowest BCUT2D eigenvalue weighted by molar-refractivity contribution is 0.306. The van der Waals surface area contributed by atoms with Crippen LogP contribution < -0.4 is 10.5 Å². The molecular weight excluding hydrogens is 335 g/mol. The minimum absolute atomic E-state index is 0.0627. The predicted molar refractivity (Wildman–Crippen MR) is 84.8 cm³/mol. The van der Waals surface area contributed by atoms with Crippen LogP contribution in [0.5, 0.6) is 5.75 Å². The number of amidine groups is 1. The van der Waals surface area contributed by atoms with Crippen LogP contribution in [-0.2, 0) is 6.61 Å². The molecule has 0 radical (unpaired) electrons. The molecule has 110 valence electrons. The summed E-state index contributed by atoms with van der Waals surface area (Å²) in [6.45, 7) is 0.273. The maximum atomic E-state index is 8.63. The SMILES string of the molecule is N/C(=N/O)c1ccc(OCc2ccc(Cl)cc2Cl)cc1Cl. The highest BCUT2D eigenvalue weighted by Crippen LogP contribution is 2.25. The van der Waals surface area contributed by atoms with E-state index >= 15 is 0 Å². The summed E-state index contributed by atoms with van der Waals surface area (Å²) < 4.78 is 5.61. The molecule has 2 aromatic rings. The fourth-order valence-electron chi connectivity index (χ4n) is 1.65. The number of oxime groups is 1. The predicted octanol–water partition coefficient (Wildman–Crippen LogP) is 4.32. The molecule has 0 fully saturated rings. The summed E-state index contributed by atoms with van der Waals surface area (Å²) >= 11 is 17.9. The van der Waals surface area contributed by atoms with Crippen molar-refractivity contribution < 1.29 is 9.94 Å². The van der Waals surface area contributed by atoms with Gasteiger partial charge < -0.3 is 15.7 Å². The topological polar surface area (TPSA) is 67.8 Å². The van der Waals surface area contributed by atoms with Gasteiger partial charge in [-0.05, 0) is 30.3 Å². The summed E-state index contributed by atoms with van der Waals surface area (Å²) in [4.78, 5) is 0. The number of nitrogens with two attached hydrogens (primary N) is 1. The number of hydrogen-bond donors (Lipinski definition) is 2. The fourth-order valence-corrected chi connectivity index (χ4v) is 2.38. The summed E-state index contributed by atoms with van der Waals surface area (Å²) in [6.07, 6.45) is 0. The Morgan fingerprint density at radius 1 is 1.10 bits per heavy atom. The zero-order valence-electron chi connectivity index (χ0n) is 10.7. The average Bonchev–Trinajstić information content (AvgIpc) is 2.45. The van der Waals surface area contributed by atoms with E-state index in [0.717, 1.165) is 5.56 Å². The Hall–Kier alpha value is -1.62. The van der Waals surface area contributed by atoms with Crippen molar-refractivity contribution in [2.75, 3.05) is 0 Å². The maximum absolute atomic E-state index is 8.63. The van der Waals surface area contributed by atoms with Crippen molar-refractivity contribution in [3.8, 4) is 5.75 Å². The second kappa shape index (κ2) is 6.89. The summed E-state index contributed by atoms with van der Waals surface area (Å²) in [7, 11) is 0. The maximum Gasteiger partial charge on any atom is 0.171 e. The van der Waals surface area contributed by atoms with E-state index in [1.165, 1.54) is 0 Å². The first-order valence-electron chi connectivity index (χ1n) is 5.85. The third kappa shape index (κ3) is 3.94. The molecule has 0 aliphatic heterocycles. The van der Waals surface area contributed by atoms with Gasteiger partial charge in [-0.3, -0.25) is 0 Å². The fraction of sp³-hybridized carbons (Fsp3) is 0.0714. The number of ether oxygens (including phenoxy) is 1. The monoisotopic (exact) mass is 344 g/mol. The van der Waals surface area contributed by atoms with Crippen molar-refractivity contribution in [1.82, 2.24) is 0 Å². The standard InChI is InChI=1S/C14H11Cl3N2O2/c15-9-2-1-8(12(16)5-9)7-21-10-3-4-11(13(17)6-10)14(18)19-20/h1-6,20H,7H2,(H2,18,19). The molecule has 0 bridgehead atoms. The molecule has 2 rings (SSSR count). The highest BCUT2D eigenvalue weighted by atomic mass is 35.5. The summed E-state index contributed by atoms with van der Waals surface area (Å²) in [6, 6.07) is 10.0. The van der Waals surface area contributed by atoms with Crippen molar-refractivity contribution in [3.05, 3.63) is 62.6 Å². The lowest BCUT2D eigenvalue weighted by atomic mass is 10.2. The van der Waals surface area contributed by atoms with Crippen LogP contribution in [0.1, 0.15) is 11.1 Å². The molecule has 3 N–H and O–H groups in total. The smallest absolute Gasteiger partial charge is 0.171 e. The van der Waals surface area contributed by atoms with Gasteiger partial charge in [-0.15, -0.1) is 0 Å². The lowest BCUT2D eigenvalue weighted by Crippen LogP contribution is -2.13. The molecule has 0 aliphatic rings. The minimum atomic E-state index is -0.0627. The quantitative estimate of drug-likeness (QED) is 0.375. The van der Waals surface area contributed by atoms with E-state index in [2.05, 4.69) is 5.16 Å². The van der Waals surface area contributed by atoms with Gasteiger partial charge in [0.1, 0.15) is 12.4 Å². The summed E-state index contributed by atoms with van der Waals surface area (Å²) in [5, 5.41) is 13.0. The van der Waals surface area contributed by atoms with E-state index in [0.29, 0.717) is 26.4 Å². The number of halogens is 3. The molecule has 21 heavy (non-hydrogen) atoms. The Labute approximate surface area is 136 Å². The summed E-state index contributed by atoms with van der Waals surface area (Å²) in [5.74, 6) is 0.479. The normalized spacial score (nSPS) is 11.5. The lowest BCUT2D eigenvalue weighted by Gasteiger charge is -2.10. The van der Waals surface area contributed by atoms with Crippen molar-refractivity contribution in [2.45, 2.75) is 6.61 Å². The van der Waals surface area contributed by atoms with Crippen molar-refractivity contribution in [2.24, 2.45) is 10.9 Å². The second-order valence-corrected chi connectivity index (χ2v) is 5.40. The molecule has 0 unspecified atom stereocenters. The Morgan fingerprint density at radius 2 is 1.86 bits per heavy atom. The molecule has 0 amide bonds. The molecule has 0 saturated carbocycles.